The van der Waals surface area contributed by atoms with Gasteiger partial charge in [0.05, 0.1) is 11.9 Å². The van der Waals surface area contributed by atoms with Crippen LogP contribution >= 0.6 is 0 Å². The minimum absolute atomic E-state index is 0.958. The molecule has 4 nitrogen and oxygen atoms in total. The summed E-state index contributed by atoms with van der Waals surface area (Å²) < 4.78 is 1.96. The van der Waals surface area contributed by atoms with Gasteiger partial charge in [-0.2, -0.15) is 5.10 Å². The molecule has 18 heavy (non-hydrogen) atoms. The molecule has 0 atom stereocenters. The molecule has 0 saturated heterocycles. The SMILES string of the molecule is CCCn1cc(Nc2cccc(N(C)C)c2)cn1. The minimum atomic E-state index is 0.958. The predicted octanol–water partition coefficient (Wildman–Crippen LogP) is 3.10. The van der Waals surface area contributed by atoms with E-state index in [4.69, 9.17) is 0 Å². The highest BCUT2D eigenvalue weighted by atomic mass is 15.3. The second-order valence-electron chi connectivity index (χ2n) is 4.56. The molecule has 0 amide bonds. The van der Waals surface area contributed by atoms with Crippen LogP contribution in [0.3, 0.4) is 0 Å². The van der Waals surface area contributed by atoms with Crippen LogP contribution in [-0.2, 0) is 6.54 Å². The molecular weight excluding hydrogens is 224 g/mol. The Morgan fingerprint density at radius 3 is 2.83 bits per heavy atom. The van der Waals surface area contributed by atoms with Crippen molar-refractivity contribution >= 4 is 17.1 Å². The summed E-state index contributed by atoms with van der Waals surface area (Å²) in [6.07, 6.45) is 4.99. The normalized spacial score (nSPS) is 10.4. The molecule has 1 heterocycles. The average molecular weight is 244 g/mol. The van der Waals surface area contributed by atoms with Gasteiger partial charge in [0.2, 0.25) is 0 Å². The lowest BCUT2D eigenvalue weighted by atomic mass is 10.2. The zero-order valence-electron chi connectivity index (χ0n) is 11.2. The lowest BCUT2D eigenvalue weighted by Gasteiger charge is -2.13. The molecule has 2 aromatic rings. The van der Waals surface area contributed by atoms with Gasteiger partial charge >= 0.3 is 0 Å². The minimum Gasteiger partial charge on any atom is -0.378 e. The van der Waals surface area contributed by atoms with E-state index >= 15 is 0 Å². The summed E-state index contributed by atoms with van der Waals surface area (Å²) in [6.45, 7) is 3.11. The second-order valence-corrected chi connectivity index (χ2v) is 4.56. The summed E-state index contributed by atoms with van der Waals surface area (Å²) in [7, 11) is 4.08. The fourth-order valence-electron chi connectivity index (χ4n) is 1.81. The van der Waals surface area contributed by atoms with Crippen molar-refractivity contribution in [1.29, 1.82) is 0 Å². The standard InChI is InChI=1S/C14H20N4/c1-4-8-18-11-13(10-15-18)16-12-6-5-7-14(9-12)17(2)3/h5-7,9-11,16H,4,8H2,1-3H3. The monoisotopic (exact) mass is 244 g/mol. The third-order valence-corrected chi connectivity index (χ3v) is 2.74. The molecule has 0 spiro atoms. The average Bonchev–Trinajstić information content (AvgIpc) is 2.77. The van der Waals surface area contributed by atoms with Gasteiger partial charge < -0.3 is 10.2 Å². The number of hydrogen-bond acceptors (Lipinski definition) is 3. The van der Waals surface area contributed by atoms with E-state index in [-0.39, 0.29) is 0 Å². The van der Waals surface area contributed by atoms with Crippen LogP contribution in [0, 0.1) is 0 Å². The molecular formula is C14H20N4. The van der Waals surface area contributed by atoms with Gasteiger partial charge in [0.1, 0.15) is 0 Å². The topological polar surface area (TPSA) is 33.1 Å². The number of aromatic nitrogens is 2. The highest BCUT2D eigenvalue weighted by molar-refractivity contribution is 5.64. The van der Waals surface area contributed by atoms with Crippen molar-refractivity contribution in [1.82, 2.24) is 9.78 Å². The van der Waals surface area contributed by atoms with Crippen LogP contribution in [0.1, 0.15) is 13.3 Å². The van der Waals surface area contributed by atoms with E-state index in [9.17, 15) is 0 Å². The Bertz CT molecular complexity index is 502. The van der Waals surface area contributed by atoms with E-state index in [1.165, 1.54) is 5.69 Å². The number of rotatable bonds is 5. The first-order chi connectivity index (χ1) is 8.69. The largest absolute Gasteiger partial charge is 0.378 e. The van der Waals surface area contributed by atoms with Gasteiger partial charge in [-0.05, 0) is 24.6 Å². The van der Waals surface area contributed by atoms with Crippen LogP contribution in [-0.4, -0.2) is 23.9 Å². The number of nitrogens with zero attached hydrogens (tertiary/aromatic N) is 3. The zero-order chi connectivity index (χ0) is 13.0. The quantitative estimate of drug-likeness (QED) is 0.877. The van der Waals surface area contributed by atoms with Gasteiger partial charge in [-0.25, -0.2) is 0 Å². The first-order valence-corrected chi connectivity index (χ1v) is 6.26. The molecule has 0 bridgehead atoms. The molecule has 0 aliphatic rings. The molecule has 1 aromatic carbocycles. The lowest BCUT2D eigenvalue weighted by molar-refractivity contribution is 0.603. The Hall–Kier alpha value is -1.97. The van der Waals surface area contributed by atoms with Crippen molar-refractivity contribution in [2.24, 2.45) is 0 Å². The van der Waals surface area contributed by atoms with E-state index < -0.39 is 0 Å². The van der Waals surface area contributed by atoms with Crippen molar-refractivity contribution < 1.29 is 0 Å². The molecule has 1 aromatic heterocycles. The van der Waals surface area contributed by atoms with Crippen molar-refractivity contribution in [3.05, 3.63) is 36.7 Å². The fraction of sp³-hybridized carbons (Fsp3) is 0.357. The van der Waals surface area contributed by atoms with E-state index in [2.05, 4.69) is 40.4 Å². The van der Waals surface area contributed by atoms with Gasteiger partial charge in [0, 0.05) is 38.2 Å². The molecule has 0 fully saturated rings. The van der Waals surface area contributed by atoms with Gasteiger partial charge in [-0.15, -0.1) is 0 Å². The summed E-state index contributed by atoms with van der Waals surface area (Å²) in [6, 6.07) is 8.32. The molecule has 0 aliphatic heterocycles. The third-order valence-electron chi connectivity index (χ3n) is 2.74. The van der Waals surface area contributed by atoms with Crippen molar-refractivity contribution in [2.45, 2.75) is 19.9 Å². The predicted molar refractivity (Wildman–Crippen MR) is 76.6 cm³/mol. The molecule has 1 N–H and O–H groups in total. The molecule has 0 saturated carbocycles. The smallest absolute Gasteiger partial charge is 0.0770 e. The second kappa shape index (κ2) is 5.58. The number of aryl methyl sites for hydroxylation is 1. The fourth-order valence-corrected chi connectivity index (χ4v) is 1.81. The number of anilines is 3. The van der Waals surface area contributed by atoms with E-state index in [0.717, 1.165) is 24.3 Å². The Morgan fingerprint density at radius 1 is 1.28 bits per heavy atom. The summed E-state index contributed by atoms with van der Waals surface area (Å²) in [5.74, 6) is 0. The summed E-state index contributed by atoms with van der Waals surface area (Å²) in [5.41, 5.74) is 3.29. The van der Waals surface area contributed by atoms with Crippen LogP contribution in [0.25, 0.3) is 0 Å². The summed E-state index contributed by atoms with van der Waals surface area (Å²) >= 11 is 0. The Balaban J connectivity index is 2.10. The molecule has 0 unspecified atom stereocenters. The molecule has 2 rings (SSSR count). The number of benzene rings is 1. The van der Waals surface area contributed by atoms with Crippen molar-refractivity contribution in [2.75, 3.05) is 24.3 Å². The van der Waals surface area contributed by atoms with Crippen LogP contribution in [0.2, 0.25) is 0 Å². The lowest BCUT2D eigenvalue weighted by Crippen LogP contribution is -2.08. The Kier molecular flexibility index (Phi) is 3.87. The van der Waals surface area contributed by atoms with Crippen molar-refractivity contribution in [3.8, 4) is 0 Å². The van der Waals surface area contributed by atoms with E-state index in [1.54, 1.807) is 0 Å². The highest BCUT2D eigenvalue weighted by Gasteiger charge is 2.00. The van der Waals surface area contributed by atoms with Gasteiger partial charge in [-0.1, -0.05) is 13.0 Å². The maximum atomic E-state index is 4.30. The van der Waals surface area contributed by atoms with Gasteiger partial charge in [0.25, 0.3) is 0 Å². The first kappa shape index (κ1) is 12.5. The maximum absolute atomic E-state index is 4.30. The molecule has 0 aliphatic carbocycles. The number of hydrogen-bond donors (Lipinski definition) is 1. The molecule has 0 radical (unpaired) electrons. The van der Waals surface area contributed by atoms with E-state index in [0.29, 0.717) is 0 Å². The third kappa shape index (κ3) is 3.03. The molecule has 96 valence electrons. The van der Waals surface area contributed by atoms with Crippen LogP contribution in [0.4, 0.5) is 17.1 Å². The highest BCUT2D eigenvalue weighted by Crippen LogP contribution is 2.21. The Labute approximate surface area is 108 Å². The maximum Gasteiger partial charge on any atom is 0.0770 e. The van der Waals surface area contributed by atoms with E-state index in [1.807, 2.05) is 37.2 Å². The van der Waals surface area contributed by atoms with Gasteiger partial charge in [-0.3, -0.25) is 4.68 Å². The van der Waals surface area contributed by atoms with Gasteiger partial charge in [0.15, 0.2) is 0 Å². The molecule has 4 heteroatoms. The van der Waals surface area contributed by atoms with Crippen molar-refractivity contribution in [3.63, 3.8) is 0 Å². The zero-order valence-corrected chi connectivity index (χ0v) is 11.2. The summed E-state index contributed by atoms with van der Waals surface area (Å²) in [4.78, 5) is 2.09. The summed E-state index contributed by atoms with van der Waals surface area (Å²) in [5, 5.41) is 7.67. The van der Waals surface area contributed by atoms with Crippen LogP contribution in [0.15, 0.2) is 36.7 Å². The number of nitrogens with one attached hydrogen (secondary N) is 1. The Morgan fingerprint density at radius 2 is 2.11 bits per heavy atom. The van der Waals surface area contributed by atoms with Crippen LogP contribution < -0.4 is 10.2 Å². The first-order valence-electron chi connectivity index (χ1n) is 6.26. The van der Waals surface area contributed by atoms with Crippen LogP contribution in [0.5, 0.6) is 0 Å².